The van der Waals surface area contributed by atoms with E-state index in [4.69, 9.17) is 4.52 Å². The SMILES string of the molecule is CCC(C)OP(=O)(S)SC(C)CC. The third kappa shape index (κ3) is 6.89. The summed E-state index contributed by atoms with van der Waals surface area (Å²) in [6.45, 7) is 8.02. The highest BCUT2D eigenvalue weighted by Gasteiger charge is 2.23. The minimum Gasteiger partial charge on any atom is -0.311 e. The monoisotopic (exact) mass is 242 g/mol. The third-order valence-electron chi connectivity index (χ3n) is 1.78. The van der Waals surface area contributed by atoms with Crippen LogP contribution in [0.2, 0.25) is 0 Å². The van der Waals surface area contributed by atoms with Crippen LogP contribution in [0.1, 0.15) is 40.5 Å². The van der Waals surface area contributed by atoms with Crippen LogP contribution >= 0.6 is 29.4 Å². The van der Waals surface area contributed by atoms with Gasteiger partial charge < -0.3 is 4.52 Å². The Hall–Kier alpha value is 0.890. The van der Waals surface area contributed by atoms with Crippen molar-refractivity contribution in [3.8, 4) is 0 Å². The summed E-state index contributed by atoms with van der Waals surface area (Å²) in [6.07, 6.45) is 1.88. The maximum absolute atomic E-state index is 11.8. The lowest BCUT2D eigenvalue weighted by molar-refractivity contribution is 0.235. The highest BCUT2D eigenvalue weighted by molar-refractivity contribution is 8.84. The summed E-state index contributed by atoms with van der Waals surface area (Å²) in [6, 6.07) is 0. The van der Waals surface area contributed by atoms with E-state index in [1.54, 1.807) is 0 Å². The molecule has 80 valence electrons. The molecule has 0 N–H and O–H groups in total. The maximum Gasteiger partial charge on any atom is 0.310 e. The van der Waals surface area contributed by atoms with Gasteiger partial charge in [0, 0.05) is 5.25 Å². The van der Waals surface area contributed by atoms with E-state index in [9.17, 15) is 4.57 Å². The Morgan fingerprint density at radius 1 is 1.38 bits per heavy atom. The molecule has 0 aromatic rings. The molecule has 0 aliphatic heterocycles. The zero-order valence-electron chi connectivity index (χ0n) is 8.69. The first-order valence-corrected chi connectivity index (χ1v) is 8.87. The fourth-order valence-corrected chi connectivity index (χ4v) is 6.22. The second kappa shape index (κ2) is 6.39. The van der Waals surface area contributed by atoms with Crippen molar-refractivity contribution in [2.24, 2.45) is 0 Å². The number of hydrogen-bond donors (Lipinski definition) is 1. The highest BCUT2D eigenvalue weighted by Crippen LogP contribution is 2.66. The quantitative estimate of drug-likeness (QED) is 0.553. The van der Waals surface area contributed by atoms with Crippen molar-refractivity contribution in [2.45, 2.75) is 51.9 Å². The molecule has 0 rings (SSSR count). The molecular weight excluding hydrogens is 223 g/mol. The van der Waals surface area contributed by atoms with Crippen LogP contribution in [0.15, 0.2) is 0 Å². The molecule has 5 heteroatoms. The molecule has 0 heterocycles. The predicted molar refractivity (Wildman–Crippen MR) is 64.8 cm³/mol. The summed E-state index contributed by atoms with van der Waals surface area (Å²) in [5.41, 5.74) is 0. The Morgan fingerprint density at radius 3 is 2.31 bits per heavy atom. The number of rotatable bonds is 6. The molecule has 0 aliphatic carbocycles. The molecule has 0 aromatic heterocycles. The standard InChI is InChI=1S/C8H19O2PS2/c1-5-7(3)10-11(9,12)13-8(4)6-2/h7-8H,5-6H2,1-4H3,(H,9,12). The molecule has 0 radical (unpaired) electrons. The summed E-state index contributed by atoms with van der Waals surface area (Å²) >= 11 is 5.41. The zero-order valence-corrected chi connectivity index (χ0v) is 11.3. The summed E-state index contributed by atoms with van der Waals surface area (Å²) in [5, 5.41) is 0.340. The predicted octanol–water partition coefficient (Wildman–Crippen LogP) is 4.37. The molecule has 0 saturated carbocycles. The largest absolute Gasteiger partial charge is 0.311 e. The molecule has 0 spiro atoms. The first-order valence-electron chi connectivity index (χ1n) is 4.60. The molecule has 0 aromatic carbocycles. The van der Waals surface area contributed by atoms with E-state index in [-0.39, 0.29) is 6.10 Å². The van der Waals surface area contributed by atoms with Gasteiger partial charge in [0.05, 0.1) is 6.10 Å². The van der Waals surface area contributed by atoms with Gasteiger partial charge in [0.15, 0.2) is 0 Å². The van der Waals surface area contributed by atoms with Gasteiger partial charge in [-0.3, -0.25) is 4.57 Å². The summed E-state index contributed by atoms with van der Waals surface area (Å²) < 4.78 is 17.1. The Balaban J connectivity index is 4.00. The molecule has 13 heavy (non-hydrogen) atoms. The van der Waals surface area contributed by atoms with E-state index in [1.165, 1.54) is 11.4 Å². The van der Waals surface area contributed by atoms with Crippen LogP contribution in [0.25, 0.3) is 0 Å². The van der Waals surface area contributed by atoms with Crippen LogP contribution in [0.5, 0.6) is 0 Å². The van der Waals surface area contributed by atoms with Crippen LogP contribution in [0, 0.1) is 0 Å². The average molecular weight is 242 g/mol. The smallest absolute Gasteiger partial charge is 0.310 e. The van der Waals surface area contributed by atoms with Gasteiger partial charge in [-0.05, 0) is 19.8 Å². The molecule has 0 fully saturated rings. The lowest BCUT2D eigenvalue weighted by Crippen LogP contribution is -2.02. The van der Waals surface area contributed by atoms with Gasteiger partial charge in [0.1, 0.15) is 0 Å². The van der Waals surface area contributed by atoms with Gasteiger partial charge in [0.25, 0.3) is 0 Å². The van der Waals surface area contributed by atoms with Gasteiger partial charge in [-0.25, -0.2) is 0 Å². The van der Waals surface area contributed by atoms with Gasteiger partial charge in [-0.15, -0.1) is 0 Å². The Kier molecular flexibility index (Phi) is 6.83. The first-order chi connectivity index (χ1) is 5.91. The van der Waals surface area contributed by atoms with E-state index < -0.39 is 5.77 Å². The van der Waals surface area contributed by atoms with E-state index in [0.29, 0.717) is 5.25 Å². The second-order valence-corrected chi connectivity index (χ2v) is 9.75. The maximum atomic E-state index is 11.8. The number of hydrogen-bond acceptors (Lipinski definition) is 3. The minimum absolute atomic E-state index is 0.0277. The van der Waals surface area contributed by atoms with Crippen LogP contribution in [0.3, 0.4) is 0 Å². The van der Waals surface area contributed by atoms with Crippen molar-refractivity contribution in [1.82, 2.24) is 0 Å². The van der Waals surface area contributed by atoms with Crippen molar-refractivity contribution in [3.63, 3.8) is 0 Å². The van der Waals surface area contributed by atoms with E-state index in [1.807, 2.05) is 20.8 Å². The fourth-order valence-electron chi connectivity index (χ4n) is 0.629. The molecule has 3 atom stereocenters. The number of thiol groups is 1. The van der Waals surface area contributed by atoms with Gasteiger partial charge in [0.2, 0.25) is 0 Å². The minimum atomic E-state index is -2.73. The third-order valence-corrected chi connectivity index (χ3v) is 6.63. The van der Waals surface area contributed by atoms with Gasteiger partial charge in [-0.1, -0.05) is 44.4 Å². The molecule has 0 aliphatic rings. The lowest BCUT2D eigenvalue weighted by atomic mass is 10.3. The fraction of sp³-hybridized carbons (Fsp3) is 1.00. The van der Waals surface area contributed by atoms with Crippen molar-refractivity contribution in [3.05, 3.63) is 0 Å². The molecule has 3 unspecified atom stereocenters. The summed E-state index contributed by atoms with van der Waals surface area (Å²) in [7, 11) is 0. The zero-order chi connectivity index (χ0) is 10.5. The highest BCUT2D eigenvalue weighted by atomic mass is 33.1. The van der Waals surface area contributed by atoms with Crippen LogP contribution in [-0.2, 0) is 9.09 Å². The average Bonchev–Trinajstić information content (AvgIpc) is 2.02. The van der Waals surface area contributed by atoms with Crippen LogP contribution in [0.4, 0.5) is 0 Å². The van der Waals surface area contributed by atoms with Gasteiger partial charge in [-0.2, -0.15) is 0 Å². The molecular formula is C8H19O2PS2. The topological polar surface area (TPSA) is 26.3 Å². The van der Waals surface area contributed by atoms with Crippen molar-refractivity contribution in [1.29, 1.82) is 0 Å². The normalized spacial score (nSPS) is 20.7. The summed E-state index contributed by atoms with van der Waals surface area (Å²) in [5.74, 6) is -2.73. The van der Waals surface area contributed by atoms with E-state index >= 15 is 0 Å². The Labute approximate surface area is 90.6 Å². The Morgan fingerprint density at radius 2 is 1.92 bits per heavy atom. The van der Waals surface area contributed by atoms with Crippen molar-refractivity contribution >= 4 is 29.4 Å². The van der Waals surface area contributed by atoms with E-state index in [2.05, 4.69) is 19.2 Å². The van der Waals surface area contributed by atoms with Crippen molar-refractivity contribution in [2.75, 3.05) is 0 Å². The lowest BCUT2D eigenvalue weighted by Gasteiger charge is -2.19. The summed E-state index contributed by atoms with van der Waals surface area (Å²) in [4.78, 5) is 0. The van der Waals surface area contributed by atoms with E-state index in [0.717, 1.165) is 12.8 Å². The van der Waals surface area contributed by atoms with Crippen molar-refractivity contribution < 1.29 is 9.09 Å². The van der Waals surface area contributed by atoms with Crippen LogP contribution < -0.4 is 0 Å². The first kappa shape index (κ1) is 13.9. The molecule has 0 saturated heterocycles. The molecule has 0 amide bonds. The van der Waals surface area contributed by atoms with Crippen LogP contribution in [-0.4, -0.2) is 11.4 Å². The molecule has 2 nitrogen and oxygen atoms in total. The molecule has 0 bridgehead atoms. The van der Waals surface area contributed by atoms with Gasteiger partial charge >= 0.3 is 5.77 Å². The Bertz CT molecular complexity index is 171. The second-order valence-electron chi connectivity index (χ2n) is 3.12.